The standard InChI is InChI=1S/C36H34N8O/c1-2-42-21-23-43(24-22-42)30-16-14-29(15-17-30)39-36-37-19-18-31(40-36)34-33(41-32-13-6-7-20-44(32)34)26-9-8-10-27(25-26)35(45)38-28-11-4-3-5-12-28/h3-20,25H,2,21-24H2,1H3,(H,38,45)(H,37,39,40). The number of hydrogen-bond donors (Lipinski definition) is 2. The molecule has 1 saturated heterocycles. The quantitative estimate of drug-likeness (QED) is 0.205. The second-order valence-electron chi connectivity index (χ2n) is 11.0. The van der Waals surface area contributed by atoms with Crippen molar-refractivity contribution in [1.82, 2.24) is 24.3 Å². The van der Waals surface area contributed by atoms with E-state index >= 15 is 0 Å². The summed E-state index contributed by atoms with van der Waals surface area (Å²) in [6.45, 7) is 7.57. The first-order chi connectivity index (χ1) is 22.1. The van der Waals surface area contributed by atoms with E-state index in [-0.39, 0.29) is 5.91 Å². The van der Waals surface area contributed by atoms with Crippen molar-refractivity contribution in [3.8, 4) is 22.6 Å². The average molecular weight is 595 g/mol. The van der Waals surface area contributed by atoms with Crippen molar-refractivity contribution in [2.45, 2.75) is 6.92 Å². The lowest BCUT2D eigenvalue weighted by Gasteiger charge is -2.35. The molecule has 0 atom stereocenters. The van der Waals surface area contributed by atoms with Crippen LogP contribution in [0, 0.1) is 0 Å². The molecule has 45 heavy (non-hydrogen) atoms. The van der Waals surface area contributed by atoms with Gasteiger partial charge in [-0.15, -0.1) is 0 Å². The number of amides is 1. The van der Waals surface area contributed by atoms with Gasteiger partial charge in [0.1, 0.15) is 5.65 Å². The van der Waals surface area contributed by atoms with E-state index in [1.54, 1.807) is 12.3 Å². The summed E-state index contributed by atoms with van der Waals surface area (Å²) >= 11 is 0. The molecule has 1 aliphatic rings. The highest BCUT2D eigenvalue weighted by Crippen LogP contribution is 2.33. The third-order valence-electron chi connectivity index (χ3n) is 8.17. The lowest BCUT2D eigenvalue weighted by Crippen LogP contribution is -2.46. The number of carbonyl (C=O) groups excluding carboxylic acids is 1. The number of para-hydroxylation sites is 1. The second kappa shape index (κ2) is 12.6. The zero-order valence-electron chi connectivity index (χ0n) is 25.1. The largest absolute Gasteiger partial charge is 0.369 e. The average Bonchev–Trinajstić information content (AvgIpc) is 3.49. The van der Waals surface area contributed by atoms with Crippen LogP contribution in [0.4, 0.5) is 23.0 Å². The van der Waals surface area contributed by atoms with Crippen molar-refractivity contribution in [3.05, 3.63) is 121 Å². The van der Waals surface area contributed by atoms with Crippen LogP contribution in [0.2, 0.25) is 0 Å². The van der Waals surface area contributed by atoms with Crippen LogP contribution >= 0.6 is 0 Å². The Morgan fingerprint density at radius 1 is 0.800 bits per heavy atom. The van der Waals surface area contributed by atoms with Crippen LogP contribution in [-0.2, 0) is 0 Å². The van der Waals surface area contributed by atoms with Crippen LogP contribution in [0.3, 0.4) is 0 Å². The molecule has 3 aromatic carbocycles. The summed E-state index contributed by atoms with van der Waals surface area (Å²) in [5.74, 6) is 0.306. The van der Waals surface area contributed by atoms with E-state index in [0.29, 0.717) is 17.2 Å². The number of nitrogens with one attached hydrogen (secondary N) is 2. The third kappa shape index (κ3) is 6.11. The SMILES string of the molecule is CCN1CCN(c2ccc(Nc3nccc(-c4c(-c5cccc(C(=O)Nc6ccccc6)c5)nc5ccccn45)n3)cc2)CC1. The van der Waals surface area contributed by atoms with Gasteiger partial charge in [-0.1, -0.05) is 43.3 Å². The zero-order chi connectivity index (χ0) is 30.6. The van der Waals surface area contributed by atoms with E-state index in [0.717, 1.165) is 66.7 Å². The molecule has 7 rings (SSSR count). The van der Waals surface area contributed by atoms with Crippen molar-refractivity contribution in [1.29, 1.82) is 0 Å². The van der Waals surface area contributed by atoms with Crippen molar-refractivity contribution < 1.29 is 4.79 Å². The first kappa shape index (κ1) is 28.2. The van der Waals surface area contributed by atoms with E-state index in [4.69, 9.17) is 9.97 Å². The van der Waals surface area contributed by atoms with Gasteiger partial charge >= 0.3 is 0 Å². The van der Waals surface area contributed by atoms with Crippen molar-refractivity contribution in [3.63, 3.8) is 0 Å². The molecule has 1 fully saturated rings. The minimum atomic E-state index is -0.184. The van der Waals surface area contributed by atoms with Crippen molar-refractivity contribution >= 4 is 34.6 Å². The van der Waals surface area contributed by atoms with E-state index < -0.39 is 0 Å². The molecule has 6 aromatic rings. The number of nitrogens with zero attached hydrogens (tertiary/aromatic N) is 6. The molecule has 0 saturated carbocycles. The van der Waals surface area contributed by atoms with Crippen molar-refractivity contribution in [2.75, 3.05) is 48.3 Å². The molecule has 1 aliphatic heterocycles. The molecule has 1 amide bonds. The summed E-state index contributed by atoms with van der Waals surface area (Å²) in [6.07, 6.45) is 3.73. The number of carbonyl (C=O) groups is 1. The van der Waals surface area contributed by atoms with Gasteiger partial charge in [-0.05, 0) is 73.3 Å². The van der Waals surface area contributed by atoms with E-state index in [9.17, 15) is 4.79 Å². The maximum atomic E-state index is 13.1. The number of pyridine rings is 1. The number of piperazine rings is 1. The van der Waals surface area contributed by atoms with Gasteiger partial charge in [0.05, 0.1) is 17.1 Å². The molecule has 0 spiro atoms. The summed E-state index contributed by atoms with van der Waals surface area (Å²) < 4.78 is 2.02. The molecular weight excluding hydrogens is 560 g/mol. The van der Waals surface area contributed by atoms with Crippen LogP contribution in [0.5, 0.6) is 0 Å². The van der Waals surface area contributed by atoms with Crippen LogP contribution in [0.15, 0.2) is 116 Å². The molecule has 0 radical (unpaired) electrons. The molecular formula is C36H34N8O. The van der Waals surface area contributed by atoms with Crippen LogP contribution < -0.4 is 15.5 Å². The number of hydrogen-bond acceptors (Lipinski definition) is 7. The zero-order valence-corrected chi connectivity index (χ0v) is 25.1. The smallest absolute Gasteiger partial charge is 0.255 e. The van der Waals surface area contributed by atoms with Crippen molar-refractivity contribution in [2.24, 2.45) is 0 Å². The Labute approximate surface area is 262 Å². The summed E-state index contributed by atoms with van der Waals surface area (Å²) in [7, 11) is 0. The normalized spacial score (nSPS) is 13.6. The summed E-state index contributed by atoms with van der Waals surface area (Å²) in [5.41, 5.74) is 7.28. The highest BCUT2D eigenvalue weighted by atomic mass is 16.1. The van der Waals surface area contributed by atoms with Crippen LogP contribution in [0.1, 0.15) is 17.3 Å². The number of rotatable bonds is 8. The first-order valence-corrected chi connectivity index (χ1v) is 15.3. The topological polar surface area (TPSA) is 90.7 Å². The van der Waals surface area contributed by atoms with Gasteiger partial charge in [0, 0.05) is 66.8 Å². The fraction of sp³-hybridized carbons (Fsp3) is 0.167. The molecule has 0 unspecified atom stereocenters. The van der Waals surface area contributed by atoms with Gasteiger partial charge in [-0.3, -0.25) is 9.20 Å². The number of imidazole rings is 1. The molecule has 4 heterocycles. The number of benzene rings is 3. The molecule has 9 heteroatoms. The van der Waals surface area contributed by atoms with Gasteiger partial charge in [0.25, 0.3) is 5.91 Å². The fourth-order valence-corrected chi connectivity index (χ4v) is 5.73. The predicted octanol–water partition coefficient (Wildman–Crippen LogP) is 6.60. The van der Waals surface area contributed by atoms with Gasteiger partial charge in [-0.25, -0.2) is 15.0 Å². The summed E-state index contributed by atoms with van der Waals surface area (Å²) in [5, 5.41) is 6.34. The minimum Gasteiger partial charge on any atom is -0.369 e. The number of fused-ring (bicyclic) bond motifs is 1. The van der Waals surface area contributed by atoms with Gasteiger partial charge in [-0.2, -0.15) is 0 Å². The predicted molar refractivity (Wildman–Crippen MR) is 180 cm³/mol. The molecule has 224 valence electrons. The number of aromatic nitrogens is 4. The van der Waals surface area contributed by atoms with Gasteiger partial charge in [0.2, 0.25) is 5.95 Å². The lowest BCUT2D eigenvalue weighted by atomic mass is 10.0. The molecule has 9 nitrogen and oxygen atoms in total. The maximum absolute atomic E-state index is 13.1. The molecule has 0 bridgehead atoms. The van der Waals surface area contributed by atoms with E-state index in [1.807, 2.05) is 83.4 Å². The Morgan fingerprint density at radius 3 is 2.40 bits per heavy atom. The van der Waals surface area contributed by atoms with Gasteiger partial charge in [0.15, 0.2) is 0 Å². The van der Waals surface area contributed by atoms with Crippen LogP contribution in [0.25, 0.3) is 28.3 Å². The third-order valence-corrected chi connectivity index (χ3v) is 8.17. The Hall–Kier alpha value is -5.54. The molecule has 2 N–H and O–H groups in total. The van der Waals surface area contributed by atoms with Gasteiger partial charge < -0.3 is 20.4 Å². The maximum Gasteiger partial charge on any atom is 0.255 e. The minimum absolute atomic E-state index is 0.184. The van der Waals surface area contributed by atoms with Crippen LogP contribution in [-0.4, -0.2) is 62.9 Å². The highest BCUT2D eigenvalue weighted by molar-refractivity contribution is 6.05. The van der Waals surface area contributed by atoms with E-state index in [2.05, 4.69) is 56.6 Å². The Morgan fingerprint density at radius 2 is 1.60 bits per heavy atom. The summed E-state index contributed by atoms with van der Waals surface area (Å²) in [6, 6.07) is 33.2. The summed E-state index contributed by atoms with van der Waals surface area (Å²) in [4.78, 5) is 32.4. The number of likely N-dealkylation sites (N-methyl/N-ethyl adjacent to an activating group) is 1. The highest BCUT2D eigenvalue weighted by Gasteiger charge is 2.19. The molecule has 3 aromatic heterocycles. The Bertz CT molecular complexity index is 1930. The van der Waals surface area contributed by atoms with E-state index in [1.165, 1.54) is 5.69 Å². The lowest BCUT2D eigenvalue weighted by molar-refractivity contribution is 0.102. The monoisotopic (exact) mass is 594 g/mol. The first-order valence-electron chi connectivity index (χ1n) is 15.3. The molecule has 0 aliphatic carbocycles. The number of anilines is 4. The Kier molecular flexibility index (Phi) is 7.90. The fourth-order valence-electron chi connectivity index (χ4n) is 5.73. The second-order valence-corrected chi connectivity index (χ2v) is 11.0. The Balaban J connectivity index is 1.16.